The van der Waals surface area contributed by atoms with E-state index in [0.717, 1.165) is 34.4 Å². The van der Waals surface area contributed by atoms with Gasteiger partial charge in [-0.1, -0.05) is 69.0 Å². The fourth-order valence-electron chi connectivity index (χ4n) is 3.89. The van der Waals surface area contributed by atoms with Gasteiger partial charge in [0.1, 0.15) is 18.1 Å². The second-order valence-corrected chi connectivity index (χ2v) is 10.9. The lowest BCUT2D eigenvalue weighted by molar-refractivity contribution is -0.144. The van der Waals surface area contributed by atoms with E-state index in [-0.39, 0.29) is 5.41 Å². The molecule has 0 spiro atoms. The Hall–Kier alpha value is -4.01. The van der Waals surface area contributed by atoms with Crippen LogP contribution in [0.25, 0.3) is 5.57 Å². The summed E-state index contributed by atoms with van der Waals surface area (Å²) in [5.41, 5.74) is 6.43. The highest BCUT2D eigenvalue weighted by molar-refractivity contribution is 5.80. The number of aliphatic carboxylic acids is 1. The Morgan fingerprint density at radius 2 is 1.62 bits per heavy atom. The highest BCUT2D eigenvalue weighted by Crippen LogP contribution is 2.29. The molecule has 0 aliphatic heterocycles. The van der Waals surface area contributed by atoms with Gasteiger partial charge in [0.2, 0.25) is 0 Å². The van der Waals surface area contributed by atoms with Crippen molar-refractivity contribution < 1.29 is 19.4 Å². The number of hydrogen-bond donors (Lipinski definition) is 1. The van der Waals surface area contributed by atoms with Crippen LogP contribution < -0.4 is 9.47 Å². The normalized spacial score (nSPS) is 12.5. The molecule has 3 rings (SSSR count). The van der Waals surface area contributed by atoms with Gasteiger partial charge in [-0.3, -0.25) is 4.90 Å². The number of benzene rings is 3. The van der Waals surface area contributed by atoms with Crippen LogP contribution in [0.1, 0.15) is 55.5 Å². The van der Waals surface area contributed by atoms with Crippen molar-refractivity contribution in [1.82, 2.24) is 4.90 Å². The van der Waals surface area contributed by atoms with Crippen molar-refractivity contribution in [1.29, 1.82) is 0 Å². The molecule has 0 saturated heterocycles. The van der Waals surface area contributed by atoms with Crippen LogP contribution in [0, 0.1) is 18.8 Å². The molecule has 0 aromatic heterocycles. The Bertz CT molecular complexity index is 1350. The fraction of sp³-hybridized carbons (Fsp3) is 0.324. The Kier molecular flexibility index (Phi) is 9.98. The molecule has 1 N–H and O–H groups in total. The highest BCUT2D eigenvalue weighted by Gasteiger charge is 2.15. The standard InChI is InChI=1S/C34H39NO4/c1-24-23-30(18-19-32(24)39-25(2)33(36)37)38-22-20-31(28-14-16-29(17-15-28)34(3,4)5)27-12-10-26(11-13-27)9-8-21-35(6)7/h10-20,23,25H,21-22H2,1-7H3,(H,36,37). The van der Waals surface area contributed by atoms with E-state index in [9.17, 15) is 4.79 Å². The molecule has 0 bridgehead atoms. The number of rotatable bonds is 9. The monoisotopic (exact) mass is 525 g/mol. The number of hydrogen-bond acceptors (Lipinski definition) is 4. The third kappa shape index (κ3) is 8.77. The first-order valence-corrected chi connectivity index (χ1v) is 13.1. The fourth-order valence-corrected chi connectivity index (χ4v) is 3.89. The minimum absolute atomic E-state index is 0.0778. The minimum atomic E-state index is -1.00. The van der Waals surface area contributed by atoms with Gasteiger partial charge in [-0.15, -0.1) is 0 Å². The van der Waals surface area contributed by atoms with Gasteiger partial charge in [-0.25, -0.2) is 4.79 Å². The predicted octanol–water partition coefficient (Wildman–Crippen LogP) is 6.57. The Morgan fingerprint density at radius 1 is 1.00 bits per heavy atom. The molecule has 1 unspecified atom stereocenters. The molecule has 5 heteroatoms. The van der Waals surface area contributed by atoms with Crippen LogP contribution in [-0.4, -0.2) is 49.3 Å². The van der Waals surface area contributed by atoms with Crippen LogP contribution in [0.15, 0.2) is 72.8 Å². The molecule has 204 valence electrons. The van der Waals surface area contributed by atoms with Gasteiger partial charge in [0.05, 0.1) is 6.54 Å². The highest BCUT2D eigenvalue weighted by atomic mass is 16.5. The number of carbonyl (C=O) groups is 1. The van der Waals surface area contributed by atoms with Crippen molar-refractivity contribution >= 4 is 11.5 Å². The maximum Gasteiger partial charge on any atom is 0.344 e. The number of carboxylic acids is 1. The van der Waals surface area contributed by atoms with Gasteiger partial charge in [0, 0.05) is 5.56 Å². The second kappa shape index (κ2) is 13.2. The van der Waals surface area contributed by atoms with Crippen LogP contribution in [-0.2, 0) is 10.2 Å². The third-order valence-electron chi connectivity index (χ3n) is 6.22. The van der Waals surface area contributed by atoms with Gasteiger partial charge >= 0.3 is 5.97 Å². The molecule has 0 aliphatic carbocycles. The minimum Gasteiger partial charge on any atom is -0.489 e. The number of carboxylic acid groups (broad SMARTS) is 1. The number of nitrogens with zero attached hydrogens (tertiary/aromatic N) is 1. The zero-order chi connectivity index (χ0) is 28.6. The van der Waals surface area contributed by atoms with Crippen molar-refractivity contribution in [2.75, 3.05) is 27.2 Å². The average molecular weight is 526 g/mol. The molecule has 0 saturated carbocycles. The molecule has 39 heavy (non-hydrogen) atoms. The Morgan fingerprint density at radius 3 is 2.15 bits per heavy atom. The summed E-state index contributed by atoms with van der Waals surface area (Å²) >= 11 is 0. The molecule has 0 amide bonds. The smallest absolute Gasteiger partial charge is 0.344 e. The summed E-state index contributed by atoms with van der Waals surface area (Å²) in [6, 6.07) is 22.4. The summed E-state index contributed by atoms with van der Waals surface area (Å²) in [7, 11) is 4.01. The third-order valence-corrected chi connectivity index (χ3v) is 6.22. The Balaban J connectivity index is 1.84. The van der Waals surface area contributed by atoms with E-state index in [1.165, 1.54) is 12.5 Å². The van der Waals surface area contributed by atoms with E-state index in [2.05, 4.69) is 87.2 Å². The molecule has 0 aliphatic rings. The zero-order valence-corrected chi connectivity index (χ0v) is 24.0. The summed E-state index contributed by atoms with van der Waals surface area (Å²) in [4.78, 5) is 13.2. The lowest BCUT2D eigenvalue weighted by atomic mass is 9.85. The zero-order valence-electron chi connectivity index (χ0n) is 24.0. The molecule has 3 aromatic rings. The van der Waals surface area contributed by atoms with E-state index in [4.69, 9.17) is 14.6 Å². The SMILES string of the molecule is Cc1cc(OCC=C(c2ccc(C#CCN(C)C)cc2)c2ccc(C(C)(C)C)cc2)ccc1OC(C)C(=O)O. The second-order valence-electron chi connectivity index (χ2n) is 10.9. The van der Waals surface area contributed by atoms with E-state index in [1.807, 2.05) is 32.0 Å². The van der Waals surface area contributed by atoms with E-state index in [0.29, 0.717) is 18.1 Å². The van der Waals surface area contributed by atoms with Crippen molar-refractivity contribution in [3.63, 3.8) is 0 Å². The molecule has 0 fully saturated rings. The molecule has 1 atom stereocenters. The van der Waals surface area contributed by atoms with Crippen LogP contribution in [0.2, 0.25) is 0 Å². The summed E-state index contributed by atoms with van der Waals surface area (Å²) in [5.74, 6) is 6.62. The molecule has 5 nitrogen and oxygen atoms in total. The molecular formula is C34H39NO4. The van der Waals surface area contributed by atoms with Gasteiger partial charge in [-0.05, 0) is 97.6 Å². The lowest BCUT2D eigenvalue weighted by Crippen LogP contribution is -2.23. The van der Waals surface area contributed by atoms with Gasteiger partial charge in [0.15, 0.2) is 6.10 Å². The summed E-state index contributed by atoms with van der Waals surface area (Å²) < 4.78 is 11.6. The van der Waals surface area contributed by atoms with Crippen LogP contribution in [0.4, 0.5) is 0 Å². The largest absolute Gasteiger partial charge is 0.489 e. The van der Waals surface area contributed by atoms with Crippen molar-refractivity contribution in [2.24, 2.45) is 0 Å². The summed E-state index contributed by atoms with van der Waals surface area (Å²) in [6.07, 6.45) is 1.17. The van der Waals surface area contributed by atoms with Crippen molar-refractivity contribution in [2.45, 2.75) is 46.1 Å². The van der Waals surface area contributed by atoms with Gasteiger partial charge < -0.3 is 14.6 Å². The van der Waals surface area contributed by atoms with Crippen LogP contribution >= 0.6 is 0 Å². The lowest BCUT2D eigenvalue weighted by Gasteiger charge is -2.19. The van der Waals surface area contributed by atoms with Crippen molar-refractivity contribution in [3.05, 3.63) is 101 Å². The quantitative estimate of drug-likeness (QED) is 0.320. The average Bonchev–Trinajstić information content (AvgIpc) is 2.88. The topological polar surface area (TPSA) is 59.0 Å². The number of aryl methyl sites for hydroxylation is 1. The predicted molar refractivity (Wildman–Crippen MR) is 158 cm³/mol. The molecule has 0 heterocycles. The van der Waals surface area contributed by atoms with E-state index < -0.39 is 12.1 Å². The first-order valence-electron chi connectivity index (χ1n) is 13.1. The number of ether oxygens (including phenoxy) is 2. The first kappa shape index (κ1) is 29.5. The van der Waals surface area contributed by atoms with Crippen LogP contribution in [0.5, 0.6) is 11.5 Å². The summed E-state index contributed by atoms with van der Waals surface area (Å²) in [5, 5.41) is 9.11. The molecular weight excluding hydrogens is 486 g/mol. The van der Waals surface area contributed by atoms with Crippen LogP contribution in [0.3, 0.4) is 0 Å². The molecule has 3 aromatic carbocycles. The maximum absolute atomic E-state index is 11.1. The first-order chi connectivity index (χ1) is 18.4. The molecule has 0 radical (unpaired) electrons. The Labute approximate surface area is 233 Å². The summed E-state index contributed by atoms with van der Waals surface area (Å²) in [6.45, 7) is 11.1. The maximum atomic E-state index is 11.1. The van der Waals surface area contributed by atoms with E-state index in [1.54, 1.807) is 12.1 Å². The van der Waals surface area contributed by atoms with Gasteiger partial charge in [-0.2, -0.15) is 0 Å². The van der Waals surface area contributed by atoms with E-state index >= 15 is 0 Å². The van der Waals surface area contributed by atoms with Crippen molar-refractivity contribution in [3.8, 4) is 23.3 Å². The van der Waals surface area contributed by atoms with Gasteiger partial charge in [0.25, 0.3) is 0 Å².